The number of aryl methyl sites for hydroxylation is 1. The number of fused-ring (bicyclic) bond motifs is 1. The van der Waals surface area contributed by atoms with Crippen molar-refractivity contribution in [2.45, 2.75) is 20.0 Å². The van der Waals surface area contributed by atoms with E-state index in [4.69, 9.17) is 0 Å². The fourth-order valence-corrected chi connectivity index (χ4v) is 2.88. The van der Waals surface area contributed by atoms with Crippen LogP contribution in [0.4, 0.5) is 0 Å². The van der Waals surface area contributed by atoms with Gasteiger partial charge >= 0.3 is 0 Å². The molecule has 0 bridgehead atoms. The van der Waals surface area contributed by atoms with Crippen LogP contribution in [0.15, 0.2) is 43.1 Å². The number of imidazole rings is 2. The lowest BCUT2D eigenvalue weighted by Gasteiger charge is -2.09. The van der Waals surface area contributed by atoms with Gasteiger partial charge in [0.05, 0.1) is 12.1 Å². The van der Waals surface area contributed by atoms with Gasteiger partial charge in [0.15, 0.2) is 17.3 Å². The highest BCUT2D eigenvalue weighted by Gasteiger charge is 2.16. The zero-order valence-corrected chi connectivity index (χ0v) is 13.5. The third-order valence-corrected chi connectivity index (χ3v) is 3.95. The summed E-state index contributed by atoms with van der Waals surface area (Å²) in [4.78, 5) is 21.7. The Bertz CT molecular complexity index is 1070. The largest absolute Gasteiger partial charge is 0.324 e. The topological polar surface area (TPSA) is 98.1 Å². The second kappa shape index (κ2) is 6.13. The van der Waals surface area contributed by atoms with Crippen molar-refractivity contribution in [3.63, 3.8) is 0 Å². The lowest BCUT2D eigenvalue weighted by atomic mass is 10.3. The van der Waals surface area contributed by atoms with Gasteiger partial charge in [-0.25, -0.2) is 24.9 Å². The number of nitriles is 1. The molecule has 4 heterocycles. The number of hydrogen-bond donors (Lipinski definition) is 0. The van der Waals surface area contributed by atoms with Crippen LogP contribution in [0.5, 0.6) is 0 Å². The van der Waals surface area contributed by atoms with Crippen LogP contribution < -0.4 is 0 Å². The maximum Gasteiger partial charge on any atom is 0.195 e. The lowest BCUT2D eigenvalue weighted by molar-refractivity contribution is 0.665. The van der Waals surface area contributed by atoms with E-state index in [0.717, 1.165) is 16.9 Å². The normalized spacial score (nSPS) is 10.9. The zero-order chi connectivity index (χ0) is 17.2. The van der Waals surface area contributed by atoms with E-state index in [1.165, 1.54) is 0 Å². The molecule has 0 unspecified atom stereocenters. The summed E-state index contributed by atoms with van der Waals surface area (Å²) in [6.45, 7) is 3.22. The van der Waals surface area contributed by atoms with Crippen molar-refractivity contribution < 1.29 is 0 Å². The second-order valence-electron chi connectivity index (χ2n) is 5.36. The Morgan fingerprint density at radius 1 is 1.08 bits per heavy atom. The summed E-state index contributed by atoms with van der Waals surface area (Å²) in [5.41, 5.74) is 1.91. The molecular formula is C17H14N8. The minimum absolute atomic E-state index is 0.385. The van der Waals surface area contributed by atoms with Crippen molar-refractivity contribution in [3.05, 3.63) is 54.6 Å². The van der Waals surface area contributed by atoms with Crippen LogP contribution in [-0.4, -0.2) is 34.1 Å². The highest BCUT2D eigenvalue weighted by molar-refractivity contribution is 5.80. The van der Waals surface area contributed by atoms with Crippen LogP contribution >= 0.6 is 0 Å². The minimum atomic E-state index is 0.385. The van der Waals surface area contributed by atoms with Crippen molar-refractivity contribution >= 4 is 11.0 Å². The summed E-state index contributed by atoms with van der Waals surface area (Å²) in [7, 11) is 0. The lowest BCUT2D eigenvalue weighted by Crippen LogP contribution is -2.09. The third-order valence-electron chi connectivity index (χ3n) is 3.95. The molecule has 0 aliphatic heterocycles. The van der Waals surface area contributed by atoms with Gasteiger partial charge in [-0.2, -0.15) is 5.26 Å². The highest BCUT2D eigenvalue weighted by atomic mass is 15.2. The second-order valence-corrected chi connectivity index (χ2v) is 5.36. The van der Waals surface area contributed by atoms with Crippen molar-refractivity contribution in [1.82, 2.24) is 34.1 Å². The van der Waals surface area contributed by atoms with E-state index in [-0.39, 0.29) is 0 Å². The molecule has 4 aromatic heterocycles. The molecule has 0 radical (unpaired) electrons. The van der Waals surface area contributed by atoms with E-state index < -0.39 is 0 Å². The Labute approximate surface area is 143 Å². The van der Waals surface area contributed by atoms with Crippen molar-refractivity contribution in [3.8, 4) is 17.7 Å². The first kappa shape index (κ1) is 15.0. The molecule has 0 atom stereocenters. The number of nitrogens with zero attached hydrogens (tertiary/aromatic N) is 8. The SMILES string of the molecule is CCn1c(Cn2ccnc2-c2ncccn2)nc2ccnc(C#N)c21. The van der Waals surface area contributed by atoms with Crippen LogP contribution in [-0.2, 0) is 13.1 Å². The van der Waals surface area contributed by atoms with E-state index in [1.807, 2.05) is 28.3 Å². The van der Waals surface area contributed by atoms with E-state index in [9.17, 15) is 5.26 Å². The first-order valence-electron chi connectivity index (χ1n) is 7.84. The molecule has 0 spiro atoms. The minimum Gasteiger partial charge on any atom is -0.324 e. The molecule has 0 aliphatic rings. The van der Waals surface area contributed by atoms with E-state index in [0.29, 0.717) is 30.4 Å². The molecule has 8 nitrogen and oxygen atoms in total. The highest BCUT2D eigenvalue weighted by Crippen LogP contribution is 2.21. The average Bonchev–Trinajstić information content (AvgIpc) is 3.26. The molecule has 0 N–H and O–H groups in total. The summed E-state index contributed by atoms with van der Waals surface area (Å²) in [5, 5.41) is 9.33. The van der Waals surface area contributed by atoms with Crippen LogP contribution in [0.25, 0.3) is 22.7 Å². The summed E-state index contributed by atoms with van der Waals surface area (Å²) in [6.07, 6.45) is 8.57. The molecule has 0 aliphatic carbocycles. The van der Waals surface area contributed by atoms with Crippen LogP contribution in [0.2, 0.25) is 0 Å². The summed E-state index contributed by atoms with van der Waals surface area (Å²) in [5.74, 6) is 2.07. The molecule has 0 aromatic carbocycles. The monoisotopic (exact) mass is 330 g/mol. The summed E-state index contributed by atoms with van der Waals surface area (Å²) < 4.78 is 3.96. The molecule has 0 amide bonds. The maximum atomic E-state index is 9.33. The zero-order valence-electron chi connectivity index (χ0n) is 13.5. The smallest absolute Gasteiger partial charge is 0.195 e. The van der Waals surface area contributed by atoms with Gasteiger partial charge in [-0.05, 0) is 19.1 Å². The van der Waals surface area contributed by atoms with Crippen LogP contribution in [0.1, 0.15) is 18.4 Å². The fraction of sp³-hybridized carbons (Fsp3) is 0.176. The predicted molar refractivity (Wildman–Crippen MR) is 90.3 cm³/mol. The van der Waals surface area contributed by atoms with Gasteiger partial charge in [-0.15, -0.1) is 0 Å². The van der Waals surface area contributed by atoms with Gasteiger partial charge in [-0.3, -0.25) is 0 Å². The molecule has 0 saturated heterocycles. The number of aromatic nitrogens is 7. The molecule has 25 heavy (non-hydrogen) atoms. The van der Waals surface area contributed by atoms with Gasteiger partial charge in [0.2, 0.25) is 0 Å². The Morgan fingerprint density at radius 3 is 2.68 bits per heavy atom. The van der Waals surface area contributed by atoms with E-state index in [2.05, 4.69) is 31.0 Å². The first-order chi connectivity index (χ1) is 12.3. The van der Waals surface area contributed by atoms with Gasteiger partial charge < -0.3 is 9.13 Å². The molecule has 0 fully saturated rings. The molecule has 4 aromatic rings. The maximum absolute atomic E-state index is 9.33. The molecule has 4 rings (SSSR count). The fourth-order valence-electron chi connectivity index (χ4n) is 2.88. The average molecular weight is 330 g/mol. The number of rotatable bonds is 4. The van der Waals surface area contributed by atoms with Crippen molar-refractivity contribution in [2.24, 2.45) is 0 Å². The standard InChI is InChI=1S/C17H14N8/c1-2-25-14(23-12-4-7-19-13(10-18)15(12)25)11-24-9-8-22-17(24)16-20-5-3-6-21-16/h3-9H,2,11H2,1H3. The summed E-state index contributed by atoms with van der Waals surface area (Å²) >= 11 is 0. The van der Waals surface area contributed by atoms with Crippen LogP contribution in [0, 0.1) is 11.3 Å². The predicted octanol–water partition coefficient (Wildman–Crippen LogP) is 2.02. The van der Waals surface area contributed by atoms with Gasteiger partial charge in [-0.1, -0.05) is 0 Å². The van der Waals surface area contributed by atoms with Crippen molar-refractivity contribution in [1.29, 1.82) is 5.26 Å². The Kier molecular flexibility index (Phi) is 3.67. The molecule has 0 saturated carbocycles. The van der Waals surface area contributed by atoms with Gasteiger partial charge in [0.1, 0.15) is 17.4 Å². The Morgan fingerprint density at radius 2 is 1.92 bits per heavy atom. The number of hydrogen-bond acceptors (Lipinski definition) is 6. The third kappa shape index (κ3) is 2.52. The van der Waals surface area contributed by atoms with Crippen molar-refractivity contribution in [2.75, 3.05) is 0 Å². The first-order valence-corrected chi connectivity index (χ1v) is 7.84. The summed E-state index contributed by atoms with van der Waals surface area (Å²) in [6, 6.07) is 5.73. The number of pyridine rings is 1. The molecule has 122 valence electrons. The molecule has 8 heteroatoms. The molecular weight excluding hydrogens is 316 g/mol. The van der Waals surface area contributed by atoms with Crippen LogP contribution in [0.3, 0.4) is 0 Å². The van der Waals surface area contributed by atoms with Gasteiger partial charge in [0.25, 0.3) is 0 Å². The quantitative estimate of drug-likeness (QED) is 0.568. The van der Waals surface area contributed by atoms with Gasteiger partial charge in [0, 0.05) is 37.5 Å². The van der Waals surface area contributed by atoms with E-state index in [1.54, 1.807) is 30.9 Å². The Balaban J connectivity index is 1.81. The van der Waals surface area contributed by atoms with E-state index >= 15 is 0 Å². The Hall–Kier alpha value is -3.60.